The van der Waals surface area contributed by atoms with Gasteiger partial charge in [-0.2, -0.15) is 0 Å². The molecule has 0 saturated heterocycles. The van der Waals surface area contributed by atoms with Crippen LogP contribution in [-0.2, 0) is 6.42 Å². The van der Waals surface area contributed by atoms with Gasteiger partial charge in [0.05, 0.1) is 19.9 Å². The Morgan fingerprint density at radius 3 is 2.59 bits per heavy atom. The Bertz CT molecular complexity index is 991. The summed E-state index contributed by atoms with van der Waals surface area (Å²) in [6.07, 6.45) is 2.02. The maximum absolute atomic E-state index is 12.5. The molecule has 3 rings (SSSR count). The summed E-state index contributed by atoms with van der Waals surface area (Å²) in [6.45, 7) is 2.46. The molecule has 0 aliphatic heterocycles. The molecule has 1 aromatic heterocycles. The van der Waals surface area contributed by atoms with Crippen molar-refractivity contribution in [2.75, 3.05) is 26.1 Å². The zero-order valence-electron chi connectivity index (χ0n) is 16.7. The number of methoxy groups -OCH3 is 2. The molecule has 0 bridgehead atoms. The molecule has 7 nitrogen and oxygen atoms in total. The van der Waals surface area contributed by atoms with Gasteiger partial charge in [0.15, 0.2) is 0 Å². The number of carbonyl (C=O) groups is 1. The van der Waals surface area contributed by atoms with Gasteiger partial charge in [0.1, 0.15) is 29.3 Å². The summed E-state index contributed by atoms with van der Waals surface area (Å²) in [5.74, 6) is 1.75. The molecule has 0 spiro atoms. The van der Waals surface area contributed by atoms with Gasteiger partial charge in [-0.3, -0.25) is 4.79 Å². The molecular weight excluding hydrogens is 368 g/mol. The number of benzene rings is 2. The van der Waals surface area contributed by atoms with Crippen LogP contribution in [0.15, 0.2) is 54.9 Å². The number of ether oxygens (including phenoxy) is 2. The maximum atomic E-state index is 12.5. The number of aryl methyl sites for hydroxylation is 1. The van der Waals surface area contributed by atoms with Crippen LogP contribution in [0.2, 0.25) is 0 Å². The summed E-state index contributed by atoms with van der Waals surface area (Å²) in [4.78, 5) is 20.8. The number of para-hydroxylation sites is 1. The minimum Gasteiger partial charge on any atom is -0.496 e. The number of nitrogens with one attached hydrogen (secondary N) is 2. The van der Waals surface area contributed by atoms with Gasteiger partial charge in [0.25, 0.3) is 5.91 Å². The summed E-state index contributed by atoms with van der Waals surface area (Å²) in [7, 11) is 3.24. The van der Waals surface area contributed by atoms with Crippen LogP contribution in [0.25, 0.3) is 0 Å². The maximum Gasteiger partial charge on any atom is 0.270 e. The minimum atomic E-state index is -0.262. The Morgan fingerprint density at radius 2 is 1.79 bits per heavy atom. The van der Waals surface area contributed by atoms with Crippen molar-refractivity contribution in [1.82, 2.24) is 15.3 Å². The molecule has 7 heteroatoms. The average Bonchev–Trinajstić information content (AvgIpc) is 2.74. The van der Waals surface area contributed by atoms with Crippen molar-refractivity contribution in [1.29, 1.82) is 0 Å². The monoisotopic (exact) mass is 392 g/mol. The van der Waals surface area contributed by atoms with Crippen LogP contribution in [0.3, 0.4) is 0 Å². The van der Waals surface area contributed by atoms with Crippen LogP contribution in [-0.4, -0.2) is 36.6 Å². The van der Waals surface area contributed by atoms with E-state index in [1.54, 1.807) is 20.3 Å². The molecule has 150 valence electrons. The van der Waals surface area contributed by atoms with Gasteiger partial charge < -0.3 is 20.1 Å². The van der Waals surface area contributed by atoms with Crippen molar-refractivity contribution in [3.05, 3.63) is 71.7 Å². The first kappa shape index (κ1) is 20.1. The molecule has 0 aliphatic rings. The fourth-order valence-corrected chi connectivity index (χ4v) is 2.92. The highest BCUT2D eigenvalue weighted by Gasteiger charge is 2.11. The van der Waals surface area contributed by atoms with E-state index in [9.17, 15) is 4.79 Å². The molecule has 29 heavy (non-hydrogen) atoms. The highest BCUT2D eigenvalue weighted by molar-refractivity contribution is 5.93. The minimum absolute atomic E-state index is 0.262. The number of rotatable bonds is 8. The predicted octanol–water partition coefficient (Wildman–Crippen LogP) is 3.52. The van der Waals surface area contributed by atoms with Crippen LogP contribution >= 0.6 is 0 Å². The van der Waals surface area contributed by atoms with Gasteiger partial charge in [-0.15, -0.1) is 0 Å². The van der Waals surface area contributed by atoms with Gasteiger partial charge >= 0.3 is 0 Å². The second-order valence-corrected chi connectivity index (χ2v) is 6.43. The number of anilines is 2. The first-order valence-corrected chi connectivity index (χ1v) is 9.24. The lowest BCUT2D eigenvalue weighted by Gasteiger charge is -2.12. The number of hydrogen-bond acceptors (Lipinski definition) is 6. The quantitative estimate of drug-likeness (QED) is 0.610. The van der Waals surface area contributed by atoms with Crippen molar-refractivity contribution in [2.45, 2.75) is 13.3 Å². The lowest BCUT2D eigenvalue weighted by Crippen LogP contribution is -2.26. The smallest absolute Gasteiger partial charge is 0.270 e. The lowest BCUT2D eigenvalue weighted by molar-refractivity contribution is 0.0949. The van der Waals surface area contributed by atoms with Crippen molar-refractivity contribution < 1.29 is 14.3 Å². The molecule has 2 N–H and O–H groups in total. The average molecular weight is 392 g/mol. The van der Waals surface area contributed by atoms with E-state index in [0.29, 0.717) is 24.5 Å². The largest absolute Gasteiger partial charge is 0.496 e. The van der Waals surface area contributed by atoms with Crippen LogP contribution in [0.4, 0.5) is 11.5 Å². The molecule has 3 aromatic rings. The Morgan fingerprint density at radius 1 is 1.00 bits per heavy atom. The summed E-state index contributed by atoms with van der Waals surface area (Å²) < 4.78 is 10.7. The first-order valence-electron chi connectivity index (χ1n) is 9.24. The van der Waals surface area contributed by atoms with Gasteiger partial charge in [-0.05, 0) is 42.7 Å². The van der Waals surface area contributed by atoms with Crippen LogP contribution in [0, 0.1) is 6.92 Å². The Labute approximate surface area is 170 Å². The zero-order valence-corrected chi connectivity index (χ0v) is 16.7. The predicted molar refractivity (Wildman–Crippen MR) is 112 cm³/mol. The van der Waals surface area contributed by atoms with Crippen molar-refractivity contribution in [3.63, 3.8) is 0 Å². The molecule has 0 unspecified atom stereocenters. The Balaban J connectivity index is 1.64. The number of carbonyl (C=O) groups excluding carboxylic acids is 1. The summed E-state index contributed by atoms with van der Waals surface area (Å²) >= 11 is 0. The van der Waals surface area contributed by atoms with E-state index in [-0.39, 0.29) is 11.6 Å². The first-order chi connectivity index (χ1) is 14.1. The van der Waals surface area contributed by atoms with E-state index in [4.69, 9.17) is 9.47 Å². The normalized spacial score (nSPS) is 10.3. The molecular formula is C22H24N4O3. The Kier molecular flexibility index (Phi) is 6.63. The molecule has 0 fully saturated rings. The second-order valence-electron chi connectivity index (χ2n) is 6.43. The highest BCUT2D eigenvalue weighted by Crippen LogP contribution is 2.27. The van der Waals surface area contributed by atoms with E-state index in [2.05, 4.69) is 20.6 Å². The van der Waals surface area contributed by atoms with Crippen molar-refractivity contribution in [2.24, 2.45) is 0 Å². The number of hydrogen-bond donors (Lipinski definition) is 2. The summed E-state index contributed by atoms with van der Waals surface area (Å²) in [6, 6.07) is 15.1. The topological polar surface area (TPSA) is 85.4 Å². The van der Waals surface area contributed by atoms with E-state index < -0.39 is 0 Å². The van der Waals surface area contributed by atoms with Gasteiger partial charge in [-0.25, -0.2) is 9.97 Å². The van der Waals surface area contributed by atoms with Gasteiger partial charge in [0.2, 0.25) is 0 Å². The highest BCUT2D eigenvalue weighted by atomic mass is 16.5. The van der Waals surface area contributed by atoms with E-state index in [1.165, 1.54) is 6.33 Å². The molecule has 2 aromatic carbocycles. The molecule has 0 saturated carbocycles. The van der Waals surface area contributed by atoms with E-state index >= 15 is 0 Å². The molecule has 0 radical (unpaired) electrons. The number of nitrogens with zero attached hydrogens (tertiary/aromatic N) is 2. The number of aromatic nitrogens is 2. The summed E-state index contributed by atoms with van der Waals surface area (Å²) in [5.41, 5.74) is 3.17. The summed E-state index contributed by atoms with van der Waals surface area (Å²) in [5, 5.41) is 6.07. The Hall–Kier alpha value is -3.61. The third kappa shape index (κ3) is 5.22. The standard InChI is InChI=1S/C22H24N4O3/c1-15-8-9-20(29-3)17(12-15)26-21-13-18(24-14-25-21)22(27)23-11-10-16-6-4-5-7-19(16)28-2/h4-9,12-14H,10-11H2,1-3H3,(H,23,27)(H,24,25,26). The van der Waals surface area contributed by atoms with Crippen LogP contribution in [0.5, 0.6) is 11.5 Å². The SMILES string of the molecule is COc1ccccc1CCNC(=O)c1cc(Nc2cc(C)ccc2OC)ncn1. The molecule has 1 heterocycles. The van der Waals surface area contributed by atoms with Gasteiger partial charge in [0, 0.05) is 12.6 Å². The van der Waals surface area contributed by atoms with Crippen molar-refractivity contribution >= 4 is 17.4 Å². The fourth-order valence-electron chi connectivity index (χ4n) is 2.92. The number of amides is 1. The van der Waals surface area contributed by atoms with Gasteiger partial charge in [-0.1, -0.05) is 24.3 Å². The van der Waals surface area contributed by atoms with Crippen molar-refractivity contribution in [3.8, 4) is 11.5 Å². The fraction of sp³-hybridized carbons (Fsp3) is 0.227. The molecule has 0 atom stereocenters. The van der Waals surface area contributed by atoms with E-state index in [1.807, 2.05) is 49.4 Å². The third-order valence-electron chi connectivity index (χ3n) is 4.39. The second kappa shape index (κ2) is 9.54. The zero-order chi connectivity index (χ0) is 20.6. The lowest BCUT2D eigenvalue weighted by atomic mass is 10.1. The molecule has 0 aliphatic carbocycles. The third-order valence-corrected chi connectivity index (χ3v) is 4.39. The van der Waals surface area contributed by atoms with Crippen LogP contribution < -0.4 is 20.1 Å². The van der Waals surface area contributed by atoms with E-state index in [0.717, 1.165) is 22.6 Å². The van der Waals surface area contributed by atoms with Crippen LogP contribution in [0.1, 0.15) is 21.6 Å². The molecule has 1 amide bonds.